The van der Waals surface area contributed by atoms with Gasteiger partial charge in [0.2, 0.25) is 0 Å². The zero-order valence-electron chi connectivity index (χ0n) is 9.74. The van der Waals surface area contributed by atoms with Gasteiger partial charge >= 0.3 is 12.1 Å². The number of aliphatic carboxylic acids is 1. The van der Waals surface area contributed by atoms with Crippen molar-refractivity contribution >= 4 is 12.1 Å². The Morgan fingerprint density at radius 1 is 1.38 bits per heavy atom. The van der Waals surface area contributed by atoms with Crippen molar-refractivity contribution in [2.75, 3.05) is 0 Å². The lowest BCUT2D eigenvalue weighted by atomic mass is 10.2. The highest BCUT2D eigenvalue weighted by Crippen LogP contribution is 2.37. The van der Waals surface area contributed by atoms with E-state index in [9.17, 15) is 9.59 Å². The number of carboxylic acid groups (broad SMARTS) is 1. The zero-order chi connectivity index (χ0) is 12.4. The van der Waals surface area contributed by atoms with Crippen LogP contribution in [0, 0.1) is 0 Å². The molecule has 1 saturated carbocycles. The molecule has 1 rings (SSSR count). The molecular formula is C11H17NO4. The van der Waals surface area contributed by atoms with Gasteiger partial charge in [-0.3, -0.25) is 0 Å². The van der Waals surface area contributed by atoms with Crippen molar-refractivity contribution in [1.82, 2.24) is 5.32 Å². The van der Waals surface area contributed by atoms with Gasteiger partial charge in [-0.05, 0) is 33.6 Å². The van der Waals surface area contributed by atoms with Crippen LogP contribution in [0.2, 0.25) is 0 Å². The van der Waals surface area contributed by atoms with Crippen LogP contribution in [0.1, 0.15) is 33.6 Å². The first-order valence-electron chi connectivity index (χ1n) is 5.16. The smallest absolute Gasteiger partial charge is 0.408 e. The third-order valence-corrected chi connectivity index (χ3v) is 2.08. The monoisotopic (exact) mass is 227 g/mol. The summed E-state index contributed by atoms with van der Waals surface area (Å²) in [7, 11) is 0. The number of carboxylic acids is 1. The maximum atomic E-state index is 11.4. The van der Waals surface area contributed by atoms with Crippen LogP contribution in [0.4, 0.5) is 4.79 Å². The molecule has 0 bridgehead atoms. The second-order valence-electron chi connectivity index (χ2n) is 4.95. The second-order valence-corrected chi connectivity index (χ2v) is 4.95. The van der Waals surface area contributed by atoms with Gasteiger partial charge in [0.15, 0.2) is 0 Å². The summed E-state index contributed by atoms with van der Waals surface area (Å²) in [5.41, 5.74) is -1.06. The molecule has 0 spiro atoms. The summed E-state index contributed by atoms with van der Waals surface area (Å²) in [5.74, 6) is -1.02. The number of hydrogen-bond donors (Lipinski definition) is 2. The first-order chi connectivity index (χ1) is 7.22. The van der Waals surface area contributed by atoms with Crippen molar-refractivity contribution in [3.63, 3.8) is 0 Å². The molecule has 0 aliphatic heterocycles. The Hall–Kier alpha value is -1.52. The van der Waals surface area contributed by atoms with Crippen LogP contribution in [0.25, 0.3) is 0 Å². The van der Waals surface area contributed by atoms with Crippen molar-refractivity contribution in [3.8, 4) is 0 Å². The Kier molecular flexibility index (Phi) is 3.26. The van der Waals surface area contributed by atoms with Gasteiger partial charge in [0.25, 0.3) is 0 Å². The van der Waals surface area contributed by atoms with Crippen LogP contribution in [0.15, 0.2) is 12.2 Å². The van der Waals surface area contributed by atoms with E-state index in [1.807, 2.05) is 0 Å². The van der Waals surface area contributed by atoms with Gasteiger partial charge in [0, 0.05) is 6.08 Å². The highest BCUT2D eigenvalue weighted by atomic mass is 16.6. The molecule has 0 aromatic rings. The SMILES string of the molecule is CC(C)(C)OC(=O)NC1(/C=C/C(=O)O)CC1. The molecule has 1 aliphatic rings. The van der Waals surface area contributed by atoms with Gasteiger partial charge in [-0.1, -0.05) is 6.08 Å². The molecule has 16 heavy (non-hydrogen) atoms. The van der Waals surface area contributed by atoms with Gasteiger partial charge in [-0.2, -0.15) is 0 Å². The summed E-state index contributed by atoms with van der Waals surface area (Å²) in [6, 6.07) is 0. The van der Waals surface area contributed by atoms with E-state index in [2.05, 4.69) is 5.32 Å². The molecule has 5 nitrogen and oxygen atoms in total. The summed E-state index contributed by atoms with van der Waals surface area (Å²) in [5, 5.41) is 11.2. The third kappa shape index (κ3) is 4.33. The van der Waals surface area contributed by atoms with Crippen LogP contribution in [0.5, 0.6) is 0 Å². The molecule has 0 heterocycles. The Bertz CT molecular complexity index is 323. The maximum Gasteiger partial charge on any atom is 0.408 e. The van der Waals surface area contributed by atoms with Crippen molar-refractivity contribution in [2.24, 2.45) is 0 Å². The van der Waals surface area contributed by atoms with Gasteiger partial charge < -0.3 is 15.2 Å². The molecule has 0 radical (unpaired) electrons. The Morgan fingerprint density at radius 3 is 2.31 bits per heavy atom. The summed E-state index contributed by atoms with van der Waals surface area (Å²) < 4.78 is 5.09. The number of ether oxygens (including phenoxy) is 1. The molecule has 2 N–H and O–H groups in total. The highest BCUT2D eigenvalue weighted by molar-refractivity contribution is 5.80. The predicted molar refractivity (Wildman–Crippen MR) is 58.1 cm³/mol. The van der Waals surface area contributed by atoms with Gasteiger partial charge in [0.1, 0.15) is 5.60 Å². The molecular weight excluding hydrogens is 210 g/mol. The highest BCUT2D eigenvalue weighted by Gasteiger charge is 2.42. The first-order valence-corrected chi connectivity index (χ1v) is 5.16. The van der Waals surface area contributed by atoms with E-state index < -0.39 is 23.2 Å². The molecule has 0 atom stereocenters. The molecule has 1 fully saturated rings. The minimum absolute atomic E-state index is 0.513. The average Bonchev–Trinajstić information content (AvgIpc) is 2.78. The van der Waals surface area contributed by atoms with E-state index in [1.54, 1.807) is 20.8 Å². The van der Waals surface area contributed by atoms with Crippen molar-refractivity contribution in [2.45, 2.75) is 44.8 Å². The van der Waals surface area contributed by atoms with E-state index in [0.717, 1.165) is 18.9 Å². The van der Waals surface area contributed by atoms with Crippen LogP contribution in [-0.4, -0.2) is 28.3 Å². The molecule has 1 aliphatic carbocycles. The van der Waals surface area contributed by atoms with Crippen LogP contribution in [0.3, 0.4) is 0 Å². The van der Waals surface area contributed by atoms with Gasteiger partial charge in [-0.15, -0.1) is 0 Å². The lowest BCUT2D eigenvalue weighted by Gasteiger charge is -2.21. The second kappa shape index (κ2) is 4.15. The Labute approximate surface area is 94.5 Å². The van der Waals surface area contributed by atoms with E-state index in [0.29, 0.717) is 0 Å². The lowest BCUT2D eigenvalue weighted by Crippen LogP contribution is -2.39. The lowest BCUT2D eigenvalue weighted by molar-refractivity contribution is -0.131. The summed E-state index contributed by atoms with van der Waals surface area (Å²) in [6.45, 7) is 5.33. The van der Waals surface area contributed by atoms with Crippen molar-refractivity contribution in [3.05, 3.63) is 12.2 Å². The fraction of sp³-hybridized carbons (Fsp3) is 0.636. The molecule has 1 amide bonds. The molecule has 0 aromatic carbocycles. The number of nitrogens with one attached hydrogen (secondary N) is 1. The Morgan fingerprint density at radius 2 is 1.94 bits per heavy atom. The normalized spacial score (nSPS) is 18.2. The summed E-state index contributed by atoms with van der Waals surface area (Å²) in [4.78, 5) is 21.8. The van der Waals surface area contributed by atoms with Crippen molar-refractivity contribution in [1.29, 1.82) is 0 Å². The number of carbonyl (C=O) groups excluding carboxylic acids is 1. The van der Waals surface area contributed by atoms with E-state index in [1.165, 1.54) is 6.08 Å². The molecule has 0 aromatic heterocycles. The minimum Gasteiger partial charge on any atom is -0.478 e. The number of carbonyl (C=O) groups is 2. The van der Waals surface area contributed by atoms with Gasteiger partial charge in [-0.25, -0.2) is 9.59 Å². The fourth-order valence-corrected chi connectivity index (χ4v) is 1.21. The number of amides is 1. The maximum absolute atomic E-state index is 11.4. The molecule has 0 unspecified atom stereocenters. The predicted octanol–water partition coefficient (Wildman–Crippen LogP) is 1.68. The largest absolute Gasteiger partial charge is 0.478 e. The average molecular weight is 227 g/mol. The molecule has 90 valence electrons. The molecule has 5 heteroatoms. The van der Waals surface area contributed by atoms with Crippen LogP contribution < -0.4 is 5.32 Å². The van der Waals surface area contributed by atoms with Crippen LogP contribution >= 0.6 is 0 Å². The number of hydrogen-bond acceptors (Lipinski definition) is 3. The number of alkyl carbamates (subject to hydrolysis) is 1. The van der Waals surface area contributed by atoms with E-state index in [-0.39, 0.29) is 0 Å². The van der Waals surface area contributed by atoms with E-state index in [4.69, 9.17) is 9.84 Å². The van der Waals surface area contributed by atoms with Gasteiger partial charge in [0.05, 0.1) is 5.54 Å². The zero-order valence-corrected chi connectivity index (χ0v) is 9.74. The Balaban J connectivity index is 2.48. The standard InChI is InChI=1S/C11H17NO4/c1-10(2,3)16-9(15)12-11(6-7-11)5-4-8(13)14/h4-5H,6-7H2,1-3H3,(H,12,15)(H,13,14)/b5-4+. The number of rotatable bonds is 3. The third-order valence-electron chi connectivity index (χ3n) is 2.08. The topological polar surface area (TPSA) is 75.6 Å². The van der Waals surface area contributed by atoms with Crippen molar-refractivity contribution < 1.29 is 19.4 Å². The first kappa shape index (κ1) is 12.5. The van der Waals surface area contributed by atoms with Crippen LogP contribution in [-0.2, 0) is 9.53 Å². The fourth-order valence-electron chi connectivity index (χ4n) is 1.21. The quantitative estimate of drug-likeness (QED) is 0.719. The summed E-state index contributed by atoms with van der Waals surface area (Å²) in [6.07, 6.45) is 3.52. The molecule has 0 saturated heterocycles. The minimum atomic E-state index is -1.02. The summed E-state index contributed by atoms with van der Waals surface area (Å²) >= 11 is 0. The van der Waals surface area contributed by atoms with E-state index >= 15 is 0 Å².